The summed E-state index contributed by atoms with van der Waals surface area (Å²) in [7, 11) is -3.64. The largest absolute Gasteiger partial charge is 0.444 e. The van der Waals surface area contributed by atoms with E-state index in [1.165, 1.54) is 31.2 Å². The van der Waals surface area contributed by atoms with Gasteiger partial charge in [-0.2, -0.15) is 8.42 Å². The summed E-state index contributed by atoms with van der Waals surface area (Å²) in [6.45, 7) is 6.30. The molecule has 0 saturated heterocycles. The molecule has 0 aliphatic heterocycles. The van der Waals surface area contributed by atoms with Crippen LogP contribution in [-0.2, 0) is 24.4 Å². The van der Waals surface area contributed by atoms with Gasteiger partial charge < -0.3 is 13.7 Å². The van der Waals surface area contributed by atoms with E-state index in [0.717, 1.165) is 6.26 Å². The highest BCUT2D eigenvalue weighted by atomic mass is 32.2. The summed E-state index contributed by atoms with van der Waals surface area (Å²) in [4.78, 5) is 23.1. The molecular formula is C15H21NO7S. The van der Waals surface area contributed by atoms with Crippen molar-refractivity contribution in [3.05, 3.63) is 29.8 Å². The SMILES string of the molecule is CC(=O)OC(NC(=O)OC(C)(C)C)c1ccc(OS(C)(=O)=O)cc1. The molecule has 0 saturated carbocycles. The van der Waals surface area contributed by atoms with E-state index >= 15 is 0 Å². The highest BCUT2D eigenvalue weighted by molar-refractivity contribution is 7.86. The molecule has 1 amide bonds. The van der Waals surface area contributed by atoms with E-state index in [4.69, 9.17) is 13.7 Å². The first kappa shape index (κ1) is 19.8. The van der Waals surface area contributed by atoms with Gasteiger partial charge in [0.25, 0.3) is 0 Å². The first-order valence-corrected chi connectivity index (χ1v) is 8.83. The summed E-state index contributed by atoms with van der Waals surface area (Å²) < 4.78 is 37.0. The minimum atomic E-state index is -3.64. The lowest BCUT2D eigenvalue weighted by Gasteiger charge is -2.23. The zero-order valence-electron chi connectivity index (χ0n) is 14.2. The summed E-state index contributed by atoms with van der Waals surface area (Å²) in [6, 6.07) is 5.68. The van der Waals surface area contributed by atoms with Crippen molar-refractivity contribution < 1.29 is 31.7 Å². The summed E-state index contributed by atoms with van der Waals surface area (Å²) in [6.07, 6.45) is -0.915. The molecule has 0 spiro atoms. The van der Waals surface area contributed by atoms with Gasteiger partial charge in [-0.1, -0.05) is 0 Å². The van der Waals surface area contributed by atoms with Crippen LogP contribution in [0.3, 0.4) is 0 Å². The quantitative estimate of drug-likeness (QED) is 0.487. The normalized spacial score (nSPS) is 12.9. The molecule has 1 rings (SSSR count). The molecule has 1 aromatic carbocycles. The highest BCUT2D eigenvalue weighted by Crippen LogP contribution is 2.21. The van der Waals surface area contributed by atoms with E-state index in [-0.39, 0.29) is 5.75 Å². The molecule has 0 fully saturated rings. The number of amides is 1. The van der Waals surface area contributed by atoms with Crippen molar-refractivity contribution in [3.8, 4) is 5.75 Å². The van der Waals surface area contributed by atoms with Gasteiger partial charge in [-0.3, -0.25) is 10.1 Å². The van der Waals surface area contributed by atoms with E-state index < -0.39 is 34.0 Å². The van der Waals surface area contributed by atoms with Crippen LogP contribution in [0.25, 0.3) is 0 Å². The number of carbonyl (C=O) groups is 2. The number of benzene rings is 1. The number of carbonyl (C=O) groups excluding carboxylic acids is 2. The van der Waals surface area contributed by atoms with E-state index in [2.05, 4.69) is 5.32 Å². The van der Waals surface area contributed by atoms with E-state index in [9.17, 15) is 18.0 Å². The molecule has 1 N–H and O–H groups in total. The van der Waals surface area contributed by atoms with Crippen LogP contribution in [0.1, 0.15) is 39.5 Å². The lowest BCUT2D eigenvalue weighted by molar-refractivity contribution is -0.148. The molecule has 8 nitrogen and oxygen atoms in total. The van der Waals surface area contributed by atoms with Crippen molar-refractivity contribution in [1.82, 2.24) is 5.32 Å². The summed E-state index contributed by atoms with van der Waals surface area (Å²) in [5, 5.41) is 2.43. The summed E-state index contributed by atoms with van der Waals surface area (Å²) in [5.74, 6) is -0.507. The third-order valence-corrected chi connectivity index (χ3v) is 2.86. The Hall–Kier alpha value is -2.29. The van der Waals surface area contributed by atoms with Crippen molar-refractivity contribution in [2.24, 2.45) is 0 Å². The third-order valence-electron chi connectivity index (χ3n) is 2.36. The Bertz CT molecular complexity index is 690. The number of hydrogen-bond donors (Lipinski definition) is 1. The molecule has 24 heavy (non-hydrogen) atoms. The molecule has 0 heterocycles. The van der Waals surface area contributed by atoms with Crippen molar-refractivity contribution in [2.75, 3.05) is 6.26 Å². The monoisotopic (exact) mass is 359 g/mol. The Kier molecular flexibility index (Phi) is 6.19. The van der Waals surface area contributed by atoms with Gasteiger partial charge in [0.15, 0.2) is 0 Å². The van der Waals surface area contributed by atoms with Crippen LogP contribution in [0.5, 0.6) is 5.75 Å². The van der Waals surface area contributed by atoms with Crippen LogP contribution in [-0.4, -0.2) is 32.3 Å². The predicted molar refractivity (Wildman–Crippen MR) is 85.8 cm³/mol. The fourth-order valence-electron chi connectivity index (χ4n) is 1.63. The van der Waals surface area contributed by atoms with Gasteiger partial charge >= 0.3 is 22.2 Å². The minimum absolute atomic E-state index is 0.0973. The standard InChI is InChI=1S/C15H21NO7S/c1-10(17)21-13(16-14(18)22-15(2,3)4)11-6-8-12(9-7-11)23-24(5,19)20/h6-9,13H,1-5H3,(H,16,18). The number of rotatable bonds is 5. The fraction of sp³-hybridized carbons (Fsp3) is 0.467. The van der Waals surface area contributed by atoms with Gasteiger partial charge in [0.2, 0.25) is 6.23 Å². The van der Waals surface area contributed by atoms with Crippen molar-refractivity contribution in [1.29, 1.82) is 0 Å². The maximum Gasteiger partial charge on any atom is 0.410 e. The van der Waals surface area contributed by atoms with Crippen LogP contribution in [0, 0.1) is 0 Å². The Morgan fingerprint density at radius 1 is 1.12 bits per heavy atom. The number of alkyl carbamates (subject to hydrolysis) is 1. The highest BCUT2D eigenvalue weighted by Gasteiger charge is 2.22. The first-order chi connectivity index (χ1) is 10.9. The number of hydrogen-bond acceptors (Lipinski definition) is 7. The average Bonchev–Trinajstić information content (AvgIpc) is 2.34. The zero-order valence-corrected chi connectivity index (χ0v) is 15.0. The Morgan fingerprint density at radius 2 is 1.67 bits per heavy atom. The average molecular weight is 359 g/mol. The van der Waals surface area contributed by atoms with Gasteiger partial charge in [-0.25, -0.2) is 4.79 Å². The molecule has 1 aromatic rings. The van der Waals surface area contributed by atoms with E-state index in [0.29, 0.717) is 5.56 Å². The molecule has 9 heteroatoms. The second-order valence-electron chi connectivity index (χ2n) is 5.99. The molecule has 0 aliphatic carbocycles. The first-order valence-electron chi connectivity index (χ1n) is 7.02. The number of esters is 1. The third kappa shape index (κ3) is 7.82. The molecule has 1 atom stereocenters. The molecular weight excluding hydrogens is 338 g/mol. The number of ether oxygens (including phenoxy) is 2. The molecule has 1 unspecified atom stereocenters. The van der Waals surface area contributed by atoms with Crippen LogP contribution in [0.2, 0.25) is 0 Å². The van der Waals surface area contributed by atoms with Gasteiger partial charge in [0.05, 0.1) is 6.26 Å². The second kappa shape index (κ2) is 7.52. The molecule has 0 aromatic heterocycles. The smallest absolute Gasteiger partial charge is 0.410 e. The lowest BCUT2D eigenvalue weighted by Crippen LogP contribution is -2.36. The van der Waals surface area contributed by atoms with Crippen LogP contribution < -0.4 is 9.50 Å². The van der Waals surface area contributed by atoms with Crippen LogP contribution in [0.15, 0.2) is 24.3 Å². The van der Waals surface area contributed by atoms with Gasteiger partial charge in [-0.05, 0) is 45.0 Å². The lowest BCUT2D eigenvalue weighted by atomic mass is 10.2. The van der Waals surface area contributed by atoms with E-state index in [1.807, 2.05) is 0 Å². The van der Waals surface area contributed by atoms with Crippen molar-refractivity contribution >= 4 is 22.2 Å². The van der Waals surface area contributed by atoms with Crippen molar-refractivity contribution in [2.45, 2.75) is 39.5 Å². The van der Waals surface area contributed by atoms with Gasteiger partial charge in [-0.15, -0.1) is 0 Å². The minimum Gasteiger partial charge on any atom is -0.444 e. The van der Waals surface area contributed by atoms with Gasteiger partial charge in [0, 0.05) is 12.5 Å². The van der Waals surface area contributed by atoms with Crippen molar-refractivity contribution in [3.63, 3.8) is 0 Å². The summed E-state index contributed by atoms with van der Waals surface area (Å²) in [5.41, 5.74) is -0.296. The summed E-state index contributed by atoms with van der Waals surface area (Å²) >= 11 is 0. The van der Waals surface area contributed by atoms with E-state index in [1.54, 1.807) is 20.8 Å². The topological polar surface area (TPSA) is 108 Å². The van der Waals surface area contributed by atoms with Crippen LogP contribution >= 0.6 is 0 Å². The Morgan fingerprint density at radius 3 is 2.08 bits per heavy atom. The predicted octanol–water partition coefficient (Wildman–Crippen LogP) is 2.11. The maximum atomic E-state index is 11.8. The molecule has 0 aliphatic rings. The molecule has 134 valence electrons. The Labute approximate surface area is 141 Å². The fourth-order valence-corrected chi connectivity index (χ4v) is 2.10. The molecule has 0 bridgehead atoms. The Balaban J connectivity index is 2.92. The molecule has 0 radical (unpaired) electrons. The number of nitrogens with one attached hydrogen (secondary N) is 1. The second-order valence-corrected chi connectivity index (χ2v) is 7.57. The zero-order chi connectivity index (χ0) is 18.5. The van der Waals surface area contributed by atoms with Gasteiger partial charge in [0.1, 0.15) is 11.4 Å². The van der Waals surface area contributed by atoms with Crippen LogP contribution in [0.4, 0.5) is 4.79 Å². The maximum absolute atomic E-state index is 11.8.